The van der Waals surface area contributed by atoms with Gasteiger partial charge in [-0.05, 0) is 47.2 Å². The Morgan fingerprint density at radius 3 is 2.60 bits per heavy atom. The summed E-state index contributed by atoms with van der Waals surface area (Å²) < 4.78 is 5.69. The van der Waals surface area contributed by atoms with E-state index >= 15 is 0 Å². The van der Waals surface area contributed by atoms with Gasteiger partial charge >= 0.3 is 0 Å². The minimum Gasteiger partial charge on any atom is -0.381 e. The van der Waals surface area contributed by atoms with Crippen molar-refractivity contribution in [3.63, 3.8) is 0 Å². The van der Waals surface area contributed by atoms with Gasteiger partial charge in [-0.15, -0.1) is 24.0 Å². The van der Waals surface area contributed by atoms with Crippen molar-refractivity contribution in [3.05, 3.63) is 58.3 Å². The highest BCUT2D eigenvalue weighted by atomic mass is 127. The zero-order valence-corrected chi connectivity index (χ0v) is 17.9. The molecule has 138 valence electrons. The van der Waals surface area contributed by atoms with Gasteiger partial charge in [-0.25, -0.2) is 0 Å². The van der Waals surface area contributed by atoms with Crippen LogP contribution in [0.1, 0.15) is 24.0 Å². The Labute approximate surface area is 172 Å². The van der Waals surface area contributed by atoms with Gasteiger partial charge in [0.1, 0.15) is 0 Å². The molecular formula is C19H28IN3OS. The highest BCUT2D eigenvalue weighted by Crippen LogP contribution is 2.04. The van der Waals surface area contributed by atoms with Crippen LogP contribution in [0, 0.1) is 0 Å². The maximum absolute atomic E-state index is 5.69. The van der Waals surface area contributed by atoms with Crippen molar-refractivity contribution in [3.8, 4) is 0 Å². The lowest BCUT2D eigenvalue weighted by molar-refractivity contribution is 0.133. The SMILES string of the molecule is CN=C(NCCCCOCCc1ccccc1)NCc1ccsc1.I. The molecule has 0 radical (unpaired) electrons. The molecule has 0 aliphatic carbocycles. The lowest BCUT2D eigenvalue weighted by Crippen LogP contribution is -2.37. The standard InChI is InChI=1S/C19H27N3OS.HI/c1-20-19(22-15-18-10-14-24-16-18)21-11-5-6-12-23-13-9-17-7-3-2-4-8-17;/h2-4,7-8,10,14,16H,5-6,9,11-13,15H2,1H3,(H2,20,21,22);1H. The third kappa shape index (κ3) is 9.81. The maximum atomic E-state index is 5.69. The zero-order valence-electron chi connectivity index (χ0n) is 14.7. The van der Waals surface area contributed by atoms with E-state index in [0.717, 1.165) is 51.5 Å². The molecule has 25 heavy (non-hydrogen) atoms. The van der Waals surface area contributed by atoms with Crippen molar-refractivity contribution in [2.75, 3.05) is 26.8 Å². The van der Waals surface area contributed by atoms with Gasteiger partial charge in [-0.2, -0.15) is 11.3 Å². The zero-order chi connectivity index (χ0) is 16.9. The molecule has 0 saturated heterocycles. The fourth-order valence-corrected chi connectivity index (χ4v) is 2.94. The number of hydrogen-bond donors (Lipinski definition) is 2. The number of benzene rings is 1. The van der Waals surface area contributed by atoms with E-state index < -0.39 is 0 Å². The molecule has 0 spiro atoms. The van der Waals surface area contributed by atoms with E-state index in [9.17, 15) is 0 Å². The first kappa shape index (κ1) is 21.9. The molecule has 0 amide bonds. The summed E-state index contributed by atoms with van der Waals surface area (Å²) in [5.41, 5.74) is 2.62. The molecule has 1 heterocycles. The van der Waals surface area contributed by atoms with E-state index in [0.29, 0.717) is 0 Å². The molecule has 2 rings (SSSR count). The minimum atomic E-state index is 0. The van der Waals surface area contributed by atoms with Crippen molar-refractivity contribution in [1.82, 2.24) is 10.6 Å². The van der Waals surface area contributed by atoms with E-state index in [1.165, 1.54) is 11.1 Å². The van der Waals surface area contributed by atoms with E-state index in [-0.39, 0.29) is 24.0 Å². The van der Waals surface area contributed by atoms with Crippen molar-refractivity contribution < 1.29 is 4.74 Å². The van der Waals surface area contributed by atoms with Crippen LogP contribution in [-0.4, -0.2) is 32.8 Å². The number of guanidine groups is 1. The van der Waals surface area contributed by atoms with E-state index in [1.807, 2.05) is 6.07 Å². The van der Waals surface area contributed by atoms with Crippen LogP contribution in [0.4, 0.5) is 0 Å². The Kier molecular flexibility index (Phi) is 12.4. The molecule has 2 aromatic rings. The first-order valence-corrected chi connectivity index (χ1v) is 9.40. The topological polar surface area (TPSA) is 45.7 Å². The molecule has 0 bridgehead atoms. The molecule has 0 unspecified atom stereocenters. The fourth-order valence-electron chi connectivity index (χ4n) is 2.27. The predicted octanol–water partition coefficient (Wildman–Crippen LogP) is 4.07. The smallest absolute Gasteiger partial charge is 0.191 e. The molecule has 0 fully saturated rings. The van der Waals surface area contributed by atoms with Crippen LogP contribution < -0.4 is 10.6 Å². The summed E-state index contributed by atoms with van der Waals surface area (Å²) in [4.78, 5) is 4.23. The number of aliphatic imine (C=N–C) groups is 1. The van der Waals surface area contributed by atoms with Gasteiger partial charge in [0.05, 0.1) is 6.61 Å². The summed E-state index contributed by atoms with van der Waals surface area (Å²) in [6, 6.07) is 12.6. The summed E-state index contributed by atoms with van der Waals surface area (Å²) in [5, 5.41) is 10.9. The maximum Gasteiger partial charge on any atom is 0.191 e. The molecule has 0 aliphatic rings. The number of halogens is 1. The number of unbranched alkanes of at least 4 members (excludes halogenated alkanes) is 1. The highest BCUT2D eigenvalue weighted by Gasteiger charge is 1.98. The normalized spacial score (nSPS) is 11.0. The number of thiophene rings is 1. The van der Waals surface area contributed by atoms with Crippen molar-refractivity contribution in [2.45, 2.75) is 25.8 Å². The van der Waals surface area contributed by atoms with Gasteiger partial charge < -0.3 is 15.4 Å². The quantitative estimate of drug-likeness (QED) is 0.237. The van der Waals surface area contributed by atoms with Crippen LogP contribution >= 0.6 is 35.3 Å². The molecule has 0 atom stereocenters. The number of rotatable bonds is 10. The van der Waals surface area contributed by atoms with Crippen LogP contribution in [0.3, 0.4) is 0 Å². The van der Waals surface area contributed by atoms with E-state index in [2.05, 4.69) is 56.7 Å². The first-order valence-electron chi connectivity index (χ1n) is 8.46. The van der Waals surface area contributed by atoms with Crippen LogP contribution in [0.25, 0.3) is 0 Å². The summed E-state index contributed by atoms with van der Waals surface area (Å²) in [6.07, 6.45) is 3.12. The molecule has 0 aliphatic heterocycles. The van der Waals surface area contributed by atoms with Gasteiger partial charge in [-0.3, -0.25) is 4.99 Å². The first-order chi connectivity index (χ1) is 11.9. The Balaban J connectivity index is 0.00000312. The number of nitrogens with zero attached hydrogens (tertiary/aromatic N) is 1. The lowest BCUT2D eigenvalue weighted by Gasteiger charge is -2.11. The van der Waals surface area contributed by atoms with Gasteiger partial charge in [0.2, 0.25) is 0 Å². The second-order valence-electron chi connectivity index (χ2n) is 5.54. The van der Waals surface area contributed by atoms with Crippen LogP contribution in [0.2, 0.25) is 0 Å². The molecule has 1 aromatic carbocycles. The van der Waals surface area contributed by atoms with Crippen molar-refractivity contribution in [1.29, 1.82) is 0 Å². The number of ether oxygens (including phenoxy) is 1. The minimum absolute atomic E-state index is 0. The third-order valence-electron chi connectivity index (χ3n) is 3.65. The van der Waals surface area contributed by atoms with Crippen LogP contribution in [0.15, 0.2) is 52.2 Å². The molecule has 6 heteroatoms. The fraction of sp³-hybridized carbons (Fsp3) is 0.421. The van der Waals surface area contributed by atoms with Gasteiger partial charge in [0.25, 0.3) is 0 Å². The predicted molar refractivity (Wildman–Crippen MR) is 118 cm³/mol. The third-order valence-corrected chi connectivity index (χ3v) is 4.38. The molecule has 2 N–H and O–H groups in total. The Morgan fingerprint density at radius 2 is 1.88 bits per heavy atom. The van der Waals surface area contributed by atoms with Gasteiger partial charge in [0.15, 0.2) is 5.96 Å². The summed E-state index contributed by atoms with van der Waals surface area (Å²) in [7, 11) is 1.80. The van der Waals surface area contributed by atoms with Gasteiger partial charge in [-0.1, -0.05) is 30.3 Å². The largest absolute Gasteiger partial charge is 0.381 e. The van der Waals surface area contributed by atoms with Crippen LogP contribution in [0.5, 0.6) is 0 Å². The van der Waals surface area contributed by atoms with Crippen molar-refractivity contribution >= 4 is 41.3 Å². The summed E-state index contributed by atoms with van der Waals surface area (Å²) >= 11 is 1.71. The Morgan fingerprint density at radius 1 is 1.04 bits per heavy atom. The summed E-state index contributed by atoms with van der Waals surface area (Å²) in [5.74, 6) is 0.853. The molecule has 1 aromatic heterocycles. The lowest BCUT2D eigenvalue weighted by atomic mass is 10.2. The number of hydrogen-bond acceptors (Lipinski definition) is 3. The average molecular weight is 473 g/mol. The Bertz CT molecular complexity index is 576. The monoisotopic (exact) mass is 473 g/mol. The molecule has 4 nitrogen and oxygen atoms in total. The number of nitrogens with one attached hydrogen (secondary N) is 2. The Hall–Kier alpha value is -1.12. The van der Waals surface area contributed by atoms with Crippen LogP contribution in [-0.2, 0) is 17.7 Å². The second kappa shape index (κ2) is 14.1. The average Bonchev–Trinajstić information content (AvgIpc) is 3.14. The summed E-state index contributed by atoms with van der Waals surface area (Å²) in [6.45, 7) is 3.33. The van der Waals surface area contributed by atoms with Crippen molar-refractivity contribution in [2.24, 2.45) is 4.99 Å². The van der Waals surface area contributed by atoms with E-state index in [4.69, 9.17) is 4.74 Å². The van der Waals surface area contributed by atoms with E-state index in [1.54, 1.807) is 18.4 Å². The molecular weight excluding hydrogens is 445 g/mol. The second-order valence-corrected chi connectivity index (χ2v) is 6.32. The van der Waals surface area contributed by atoms with Gasteiger partial charge in [0, 0.05) is 26.7 Å². The highest BCUT2D eigenvalue weighted by molar-refractivity contribution is 14.0. The molecule has 0 saturated carbocycles.